The Morgan fingerprint density at radius 1 is 1.27 bits per heavy atom. The van der Waals surface area contributed by atoms with E-state index in [0.717, 1.165) is 49.5 Å². The molecule has 2 atom stereocenters. The summed E-state index contributed by atoms with van der Waals surface area (Å²) in [5.74, 6) is 0.863. The molecule has 0 unspecified atom stereocenters. The Bertz CT molecular complexity index is 618. The van der Waals surface area contributed by atoms with Crippen LogP contribution in [0.4, 0.5) is 5.82 Å². The molecule has 0 bridgehead atoms. The molecule has 2 aromatic rings. The van der Waals surface area contributed by atoms with Gasteiger partial charge in [0.05, 0.1) is 23.8 Å². The van der Waals surface area contributed by atoms with Crippen molar-refractivity contribution in [1.82, 2.24) is 24.6 Å². The van der Waals surface area contributed by atoms with Crippen molar-refractivity contribution in [2.24, 2.45) is 7.05 Å². The van der Waals surface area contributed by atoms with Gasteiger partial charge in [-0.2, -0.15) is 5.10 Å². The van der Waals surface area contributed by atoms with Gasteiger partial charge in [-0.05, 0) is 20.3 Å². The summed E-state index contributed by atoms with van der Waals surface area (Å²) in [6.45, 7) is 8.28. The highest BCUT2D eigenvalue weighted by atomic mass is 16.5. The van der Waals surface area contributed by atoms with Gasteiger partial charge < -0.3 is 10.1 Å². The molecule has 0 spiro atoms. The minimum Gasteiger partial charge on any atom is -0.373 e. The van der Waals surface area contributed by atoms with Crippen LogP contribution in [-0.4, -0.2) is 63.0 Å². The van der Waals surface area contributed by atoms with Gasteiger partial charge in [0.25, 0.3) is 0 Å². The normalized spacial score (nSPS) is 23.0. The molecule has 0 aliphatic carbocycles. The fourth-order valence-corrected chi connectivity index (χ4v) is 3.08. The van der Waals surface area contributed by atoms with Crippen molar-refractivity contribution in [2.75, 3.05) is 31.5 Å². The number of ether oxygens (including phenoxy) is 1. The van der Waals surface area contributed by atoms with Crippen molar-refractivity contribution in [1.29, 1.82) is 0 Å². The van der Waals surface area contributed by atoms with Crippen molar-refractivity contribution in [3.63, 3.8) is 0 Å². The summed E-state index contributed by atoms with van der Waals surface area (Å²) in [4.78, 5) is 11.0. The van der Waals surface area contributed by atoms with E-state index < -0.39 is 0 Å². The molecule has 7 nitrogen and oxygen atoms in total. The number of hydrogen-bond acceptors (Lipinski definition) is 6. The van der Waals surface area contributed by atoms with Gasteiger partial charge in [-0.15, -0.1) is 0 Å². The minimum absolute atomic E-state index is 0.327. The summed E-state index contributed by atoms with van der Waals surface area (Å²) >= 11 is 0. The second-order valence-electron chi connectivity index (χ2n) is 6.02. The molecule has 0 amide bonds. The van der Waals surface area contributed by atoms with Crippen LogP contribution in [0.1, 0.15) is 20.3 Å². The lowest BCUT2D eigenvalue weighted by atomic mass is 10.2. The average Bonchev–Trinajstić information content (AvgIpc) is 2.85. The minimum atomic E-state index is 0.327. The van der Waals surface area contributed by atoms with Gasteiger partial charge in [0, 0.05) is 33.2 Å². The monoisotopic (exact) mass is 304 g/mol. The smallest absolute Gasteiger partial charge is 0.163 e. The van der Waals surface area contributed by atoms with E-state index in [1.807, 2.05) is 13.2 Å². The number of aromatic nitrogens is 4. The van der Waals surface area contributed by atoms with E-state index in [1.165, 1.54) is 0 Å². The molecule has 0 saturated carbocycles. The van der Waals surface area contributed by atoms with Crippen molar-refractivity contribution in [2.45, 2.75) is 32.5 Å². The van der Waals surface area contributed by atoms with Crippen molar-refractivity contribution < 1.29 is 4.74 Å². The highest BCUT2D eigenvalue weighted by Gasteiger charge is 2.21. The lowest BCUT2D eigenvalue weighted by Crippen LogP contribution is -2.45. The van der Waals surface area contributed by atoms with Crippen molar-refractivity contribution >= 4 is 16.9 Å². The van der Waals surface area contributed by atoms with Crippen LogP contribution in [0.3, 0.4) is 0 Å². The van der Waals surface area contributed by atoms with Crippen LogP contribution in [0.15, 0.2) is 12.5 Å². The molecule has 22 heavy (non-hydrogen) atoms. The van der Waals surface area contributed by atoms with Gasteiger partial charge in [0.1, 0.15) is 12.1 Å². The van der Waals surface area contributed by atoms with Gasteiger partial charge in [-0.25, -0.2) is 9.97 Å². The molecule has 120 valence electrons. The van der Waals surface area contributed by atoms with E-state index >= 15 is 0 Å². The largest absolute Gasteiger partial charge is 0.373 e. The van der Waals surface area contributed by atoms with Crippen molar-refractivity contribution in [3.8, 4) is 0 Å². The Labute approximate surface area is 130 Å². The van der Waals surface area contributed by atoms with Gasteiger partial charge in [-0.1, -0.05) is 0 Å². The first-order valence-electron chi connectivity index (χ1n) is 7.88. The molecule has 1 aliphatic heterocycles. The fraction of sp³-hybridized carbons (Fsp3) is 0.667. The summed E-state index contributed by atoms with van der Waals surface area (Å²) in [5.41, 5.74) is 0.855. The zero-order valence-corrected chi connectivity index (χ0v) is 13.5. The Morgan fingerprint density at radius 3 is 2.82 bits per heavy atom. The molecule has 0 radical (unpaired) electrons. The van der Waals surface area contributed by atoms with Gasteiger partial charge in [0.15, 0.2) is 5.65 Å². The van der Waals surface area contributed by atoms with Crippen LogP contribution < -0.4 is 5.32 Å². The topological polar surface area (TPSA) is 68.1 Å². The number of anilines is 1. The maximum Gasteiger partial charge on any atom is 0.163 e. The quantitative estimate of drug-likeness (QED) is 0.839. The zero-order chi connectivity index (χ0) is 15.5. The molecule has 0 aromatic carbocycles. The van der Waals surface area contributed by atoms with Gasteiger partial charge >= 0.3 is 0 Å². The summed E-state index contributed by atoms with van der Waals surface area (Å²) in [5, 5.41) is 8.60. The first-order chi connectivity index (χ1) is 10.6. The van der Waals surface area contributed by atoms with E-state index in [9.17, 15) is 0 Å². The van der Waals surface area contributed by atoms with Crippen LogP contribution in [0, 0.1) is 0 Å². The highest BCUT2D eigenvalue weighted by Crippen LogP contribution is 2.17. The number of morpholine rings is 1. The molecule has 1 saturated heterocycles. The van der Waals surface area contributed by atoms with E-state index in [2.05, 4.69) is 39.1 Å². The van der Waals surface area contributed by atoms with Crippen LogP contribution in [-0.2, 0) is 11.8 Å². The van der Waals surface area contributed by atoms with Gasteiger partial charge in [0.2, 0.25) is 0 Å². The summed E-state index contributed by atoms with van der Waals surface area (Å²) in [6.07, 6.45) is 5.12. The maximum atomic E-state index is 5.76. The Morgan fingerprint density at radius 2 is 2.05 bits per heavy atom. The van der Waals surface area contributed by atoms with Crippen LogP contribution in [0.2, 0.25) is 0 Å². The lowest BCUT2D eigenvalue weighted by Gasteiger charge is -2.35. The SMILES string of the molecule is C[C@H]1CN(CCCNc2ncnc3c2cnn3C)C[C@H](C)O1. The number of fused-ring (bicyclic) bond motifs is 1. The number of nitrogens with one attached hydrogen (secondary N) is 1. The zero-order valence-electron chi connectivity index (χ0n) is 13.5. The molecule has 1 fully saturated rings. The molecular formula is C15H24N6O. The van der Waals surface area contributed by atoms with Crippen LogP contribution in [0.25, 0.3) is 11.0 Å². The molecule has 3 rings (SSSR count). The number of aryl methyl sites for hydroxylation is 1. The Kier molecular flexibility index (Phi) is 4.54. The van der Waals surface area contributed by atoms with Crippen LogP contribution in [0.5, 0.6) is 0 Å². The number of rotatable bonds is 5. The summed E-state index contributed by atoms with van der Waals surface area (Å²) in [6, 6.07) is 0. The van der Waals surface area contributed by atoms with E-state index in [1.54, 1.807) is 11.0 Å². The molecule has 2 aromatic heterocycles. The first-order valence-corrected chi connectivity index (χ1v) is 7.88. The number of nitrogens with zero attached hydrogens (tertiary/aromatic N) is 5. The second kappa shape index (κ2) is 6.58. The highest BCUT2D eigenvalue weighted by molar-refractivity contribution is 5.85. The molecule has 1 N–H and O–H groups in total. The van der Waals surface area contributed by atoms with Crippen LogP contribution >= 0.6 is 0 Å². The number of hydrogen-bond donors (Lipinski definition) is 1. The Hall–Kier alpha value is -1.73. The molecule has 3 heterocycles. The standard InChI is InChI=1S/C15H24N6O/c1-11-8-21(9-12(2)22-11)6-4-5-16-14-13-7-19-20(3)15(13)18-10-17-14/h7,10-12H,4-6,8-9H2,1-3H3,(H,16,17,18)/t11-,12-/m0/s1. The van der Waals surface area contributed by atoms with Crippen molar-refractivity contribution in [3.05, 3.63) is 12.5 Å². The predicted molar refractivity (Wildman–Crippen MR) is 85.9 cm³/mol. The third-order valence-electron chi connectivity index (χ3n) is 3.97. The van der Waals surface area contributed by atoms with E-state index in [-0.39, 0.29) is 0 Å². The fourth-order valence-electron chi connectivity index (χ4n) is 3.08. The average molecular weight is 304 g/mol. The maximum absolute atomic E-state index is 5.76. The first kappa shape index (κ1) is 15.2. The third kappa shape index (κ3) is 3.36. The second-order valence-corrected chi connectivity index (χ2v) is 6.02. The lowest BCUT2D eigenvalue weighted by molar-refractivity contribution is -0.0678. The van der Waals surface area contributed by atoms with Gasteiger partial charge in [-0.3, -0.25) is 9.58 Å². The van der Waals surface area contributed by atoms with E-state index in [0.29, 0.717) is 12.2 Å². The summed E-state index contributed by atoms with van der Waals surface area (Å²) < 4.78 is 7.52. The Balaban J connectivity index is 1.50. The summed E-state index contributed by atoms with van der Waals surface area (Å²) in [7, 11) is 1.89. The molecule has 1 aliphatic rings. The third-order valence-corrected chi connectivity index (χ3v) is 3.97. The van der Waals surface area contributed by atoms with E-state index in [4.69, 9.17) is 4.74 Å². The molecule has 7 heteroatoms. The molecular weight excluding hydrogens is 280 g/mol. The predicted octanol–water partition coefficient (Wildman–Crippen LogP) is 1.27.